The van der Waals surface area contributed by atoms with Crippen LogP contribution in [0, 0.1) is 5.92 Å². The average molecular weight is 218 g/mol. The summed E-state index contributed by atoms with van der Waals surface area (Å²) in [4.78, 5) is 4.21. The number of nitrogens with zero attached hydrogens (tertiary/aromatic N) is 1. The molecule has 1 unspecified atom stereocenters. The Hall–Kier alpha value is -1.51. The zero-order valence-electron chi connectivity index (χ0n) is 9.65. The first-order valence-corrected chi connectivity index (χ1v) is 5.79. The number of aliphatic imine (C=N–C) groups is 1. The Morgan fingerprint density at radius 1 is 1.56 bits per heavy atom. The number of allylic oxidation sites excluding steroid dienone is 2. The van der Waals surface area contributed by atoms with Crippen molar-refractivity contribution in [1.82, 2.24) is 5.32 Å². The Bertz CT molecular complexity index is 365. The smallest absolute Gasteiger partial charge is 0.168 e. The van der Waals surface area contributed by atoms with Crippen LogP contribution < -0.4 is 5.32 Å². The lowest BCUT2D eigenvalue weighted by molar-refractivity contribution is 0.469. The van der Waals surface area contributed by atoms with Crippen molar-refractivity contribution in [3.05, 3.63) is 36.3 Å². The summed E-state index contributed by atoms with van der Waals surface area (Å²) in [6, 6.07) is 3.81. The molecule has 0 saturated carbocycles. The molecule has 1 atom stereocenters. The van der Waals surface area contributed by atoms with E-state index in [1.165, 1.54) is 19.3 Å². The number of rotatable bonds is 3. The number of amidine groups is 1. The maximum Gasteiger partial charge on any atom is 0.168 e. The summed E-state index contributed by atoms with van der Waals surface area (Å²) in [5.74, 6) is 2.38. The number of nitrogens with one attached hydrogen (secondary N) is 1. The van der Waals surface area contributed by atoms with E-state index in [9.17, 15) is 0 Å². The van der Waals surface area contributed by atoms with Gasteiger partial charge in [0.1, 0.15) is 0 Å². The van der Waals surface area contributed by atoms with Crippen LogP contribution in [0.3, 0.4) is 0 Å². The largest absolute Gasteiger partial charge is 0.461 e. The molecule has 0 aromatic carbocycles. The van der Waals surface area contributed by atoms with Crippen molar-refractivity contribution in [2.24, 2.45) is 10.9 Å². The van der Waals surface area contributed by atoms with E-state index in [4.69, 9.17) is 4.42 Å². The van der Waals surface area contributed by atoms with Gasteiger partial charge in [0, 0.05) is 13.6 Å². The number of hydrogen-bond acceptors (Lipinski definition) is 2. The second-order valence-corrected chi connectivity index (χ2v) is 4.08. The fraction of sp³-hybridized carbons (Fsp3) is 0.462. The molecule has 1 aromatic heterocycles. The third kappa shape index (κ3) is 2.75. The summed E-state index contributed by atoms with van der Waals surface area (Å²) >= 11 is 0. The van der Waals surface area contributed by atoms with Gasteiger partial charge in [-0.3, -0.25) is 4.99 Å². The van der Waals surface area contributed by atoms with Crippen molar-refractivity contribution in [2.75, 3.05) is 13.6 Å². The van der Waals surface area contributed by atoms with Gasteiger partial charge in [0.15, 0.2) is 11.6 Å². The van der Waals surface area contributed by atoms with Gasteiger partial charge >= 0.3 is 0 Å². The molecule has 0 spiro atoms. The van der Waals surface area contributed by atoms with Crippen molar-refractivity contribution in [2.45, 2.75) is 19.3 Å². The van der Waals surface area contributed by atoms with Crippen LogP contribution in [0.2, 0.25) is 0 Å². The highest BCUT2D eigenvalue weighted by molar-refractivity contribution is 5.96. The van der Waals surface area contributed by atoms with Crippen molar-refractivity contribution in [3.63, 3.8) is 0 Å². The van der Waals surface area contributed by atoms with E-state index in [1.54, 1.807) is 13.3 Å². The summed E-state index contributed by atoms with van der Waals surface area (Å²) < 4.78 is 5.32. The predicted octanol–water partition coefficient (Wildman–Crippen LogP) is 2.60. The first kappa shape index (κ1) is 11.0. The second kappa shape index (κ2) is 5.54. The van der Waals surface area contributed by atoms with E-state index in [-0.39, 0.29) is 0 Å². The van der Waals surface area contributed by atoms with Crippen LogP contribution in [-0.4, -0.2) is 19.4 Å². The van der Waals surface area contributed by atoms with Gasteiger partial charge in [-0.25, -0.2) is 0 Å². The Balaban J connectivity index is 1.86. The van der Waals surface area contributed by atoms with Crippen LogP contribution in [0.15, 0.2) is 40.0 Å². The highest BCUT2D eigenvalue weighted by atomic mass is 16.3. The maximum atomic E-state index is 5.32. The van der Waals surface area contributed by atoms with Gasteiger partial charge in [0.2, 0.25) is 0 Å². The molecule has 0 amide bonds. The lowest BCUT2D eigenvalue weighted by atomic mass is 9.94. The van der Waals surface area contributed by atoms with E-state index in [2.05, 4.69) is 22.5 Å². The van der Waals surface area contributed by atoms with Gasteiger partial charge in [-0.15, -0.1) is 0 Å². The van der Waals surface area contributed by atoms with Gasteiger partial charge < -0.3 is 9.73 Å². The first-order valence-electron chi connectivity index (χ1n) is 5.79. The molecule has 1 aromatic rings. The van der Waals surface area contributed by atoms with Crippen LogP contribution in [-0.2, 0) is 0 Å². The summed E-state index contributed by atoms with van der Waals surface area (Å²) in [5, 5.41) is 3.36. The van der Waals surface area contributed by atoms with Crippen LogP contribution in [0.1, 0.15) is 25.0 Å². The lowest BCUT2D eigenvalue weighted by Gasteiger charge is -2.18. The van der Waals surface area contributed by atoms with Crippen molar-refractivity contribution in [1.29, 1.82) is 0 Å². The molecule has 0 radical (unpaired) electrons. The molecule has 2 rings (SSSR count). The maximum absolute atomic E-state index is 5.32. The molecular weight excluding hydrogens is 200 g/mol. The minimum atomic E-state index is 0.719. The summed E-state index contributed by atoms with van der Waals surface area (Å²) in [6.45, 7) is 0.970. The Kier molecular flexibility index (Phi) is 3.81. The van der Waals surface area contributed by atoms with Crippen LogP contribution in [0.25, 0.3) is 0 Å². The minimum Gasteiger partial charge on any atom is -0.461 e. The Morgan fingerprint density at radius 2 is 2.50 bits per heavy atom. The number of hydrogen-bond donors (Lipinski definition) is 1. The van der Waals surface area contributed by atoms with Crippen LogP contribution in [0.5, 0.6) is 0 Å². The molecule has 0 fully saturated rings. The highest BCUT2D eigenvalue weighted by Gasteiger charge is 2.11. The van der Waals surface area contributed by atoms with Crippen LogP contribution in [0.4, 0.5) is 0 Å². The van der Waals surface area contributed by atoms with Crippen molar-refractivity contribution in [3.8, 4) is 0 Å². The molecule has 3 nitrogen and oxygen atoms in total. The monoisotopic (exact) mass is 218 g/mol. The molecule has 86 valence electrons. The molecule has 1 aliphatic carbocycles. The van der Waals surface area contributed by atoms with E-state index < -0.39 is 0 Å². The Labute approximate surface area is 96.3 Å². The first-order chi connectivity index (χ1) is 7.90. The molecular formula is C13H18N2O. The molecule has 0 bridgehead atoms. The van der Waals surface area contributed by atoms with Crippen LogP contribution >= 0.6 is 0 Å². The van der Waals surface area contributed by atoms with Gasteiger partial charge in [0.25, 0.3) is 0 Å². The topological polar surface area (TPSA) is 37.5 Å². The fourth-order valence-corrected chi connectivity index (χ4v) is 1.97. The SMILES string of the molecule is CN=C(NCC1CC=CCC1)c1ccco1. The predicted molar refractivity (Wildman–Crippen MR) is 65.7 cm³/mol. The van der Waals surface area contributed by atoms with Gasteiger partial charge in [0.05, 0.1) is 6.26 Å². The summed E-state index contributed by atoms with van der Waals surface area (Å²) in [6.07, 6.45) is 9.83. The standard InChI is InChI=1S/C13H18N2O/c1-14-13(12-8-5-9-16-12)15-10-11-6-3-2-4-7-11/h2-3,5,8-9,11H,4,6-7,10H2,1H3,(H,14,15). The third-order valence-electron chi connectivity index (χ3n) is 2.91. The van der Waals surface area contributed by atoms with E-state index in [1.807, 2.05) is 12.1 Å². The Morgan fingerprint density at radius 3 is 3.12 bits per heavy atom. The zero-order chi connectivity index (χ0) is 11.2. The molecule has 3 heteroatoms. The lowest BCUT2D eigenvalue weighted by Crippen LogP contribution is -2.30. The van der Waals surface area contributed by atoms with Crippen molar-refractivity contribution >= 4 is 5.84 Å². The molecule has 1 N–H and O–H groups in total. The minimum absolute atomic E-state index is 0.719. The molecule has 1 heterocycles. The quantitative estimate of drug-likeness (QED) is 0.481. The van der Waals surface area contributed by atoms with E-state index in [0.717, 1.165) is 24.1 Å². The van der Waals surface area contributed by atoms with E-state index in [0.29, 0.717) is 0 Å². The molecule has 0 aliphatic heterocycles. The van der Waals surface area contributed by atoms with Gasteiger partial charge in [-0.1, -0.05) is 12.2 Å². The normalized spacial score (nSPS) is 21.1. The van der Waals surface area contributed by atoms with Crippen molar-refractivity contribution < 1.29 is 4.42 Å². The highest BCUT2D eigenvalue weighted by Crippen LogP contribution is 2.17. The van der Waals surface area contributed by atoms with E-state index >= 15 is 0 Å². The number of furan rings is 1. The molecule has 16 heavy (non-hydrogen) atoms. The molecule has 0 saturated heterocycles. The summed E-state index contributed by atoms with van der Waals surface area (Å²) in [7, 11) is 1.78. The summed E-state index contributed by atoms with van der Waals surface area (Å²) in [5.41, 5.74) is 0. The molecule has 1 aliphatic rings. The van der Waals surface area contributed by atoms with Gasteiger partial charge in [-0.05, 0) is 37.3 Å². The third-order valence-corrected chi connectivity index (χ3v) is 2.91. The average Bonchev–Trinajstić information content (AvgIpc) is 2.85. The van der Waals surface area contributed by atoms with Gasteiger partial charge in [-0.2, -0.15) is 0 Å². The fourth-order valence-electron chi connectivity index (χ4n) is 1.97. The second-order valence-electron chi connectivity index (χ2n) is 4.08. The zero-order valence-corrected chi connectivity index (χ0v) is 9.65.